The van der Waals surface area contributed by atoms with Crippen LogP contribution < -0.4 is 18.9 Å². The van der Waals surface area contributed by atoms with Gasteiger partial charge >= 0.3 is 0 Å². The van der Waals surface area contributed by atoms with Crippen molar-refractivity contribution in [1.29, 1.82) is 0 Å². The van der Waals surface area contributed by atoms with Crippen molar-refractivity contribution in [2.45, 2.75) is 65.2 Å². The molecular weight excluding hydrogens is 592 g/mol. The summed E-state index contributed by atoms with van der Waals surface area (Å²) in [5, 5.41) is 0. The number of rotatable bonds is 10. The van der Waals surface area contributed by atoms with Crippen molar-refractivity contribution >= 4 is 11.6 Å². The molecule has 0 amide bonds. The van der Waals surface area contributed by atoms with Crippen molar-refractivity contribution in [2.75, 3.05) is 79.3 Å². The van der Waals surface area contributed by atoms with Crippen molar-refractivity contribution < 1.29 is 47.5 Å². The van der Waals surface area contributed by atoms with Crippen molar-refractivity contribution in [3.8, 4) is 23.0 Å². The number of unbranched alkanes of at least 4 members (excludes halogenated alkanes) is 4. The van der Waals surface area contributed by atoms with Crippen LogP contribution in [-0.2, 0) is 18.9 Å². The van der Waals surface area contributed by atoms with Gasteiger partial charge in [0.15, 0.2) is 34.6 Å². The number of Topliss-reactive ketones (excluding diaryl/α,β-unsaturated/α-hetero) is 2. The second-order valence-electron chi connectivity index (χ2n) is 10.9. The fourth-order valence-electron chi connectivity index (χ4n) is 4.67. The Morgan fingerprint density at radius 3 is 1.13 bits per heavy atom. The van der Waals surface area contributed by atoms with Crippen LogP contribution in [0.4, 0.5) is 0 Å². The van der Waals surface area contributed by atoms with Crippen LogP contribution in [-0.4, -0.2) is 90.8 Å². The maximum absolute atomic E-state index is 12.7. The van der Waals surface area contributed by atoms with E-state index in [-0.39, 0.29) is 11.6 Å². The predicted molar refractivity (Wildman–Crippen MR) is 175 cm³/mol. The Morgan fingerprint density at radius 1 is 0.457 bits per heavy atom. The molecule has 2 aromatic carbocycles. The van der Waals surface area contributed by atoms with Crippen molar-refractivity contribution in [2.24, 2.45) is 0 Å². The number of hydrogen-bond donors (Lipinski definition) is 0. The van der Waals surface area contributed by atoms with Crippen LogP contribution in [0.15, 0.2) is 36.4 Å². The van der Waals surface area contributed by atoms with Gasteiger partial charge in [-0.15, -0.1) is 0 Å². The minimum atomic E-state index is 0.0942. The number of carbonyl (C=O) groups excluding carboxylic acids is 2. The van der Waals surface area contributed by atoms with Crippen LogP contribution in [0.5, 0.6) is 23.0 Å². The first-order chi connectivity index (χ1) is 22.6. The fourth-order valence-corrected chi connectivity index (χ4v) is 4.67. The summed E-state index contributed by atoms with van der Waals surface area (Å²) in [6.07, 6.45) is 6.95. The Kier molecular flexibility index (Phi) is 18.8. The summed E-state index contributed by atoms with van der Waals surface area (Å²) >= 11 is 0. The van der Waals surface area contributed by atoms with Gasteiger partial charge in [-0.25, -0.2) is 0 Å². The van der Waals surface area contributed by atoms with Crippen LogP contribution in [0.25, 0.3) is 0 Å². The maximum atomic E-state index is 12.7. The Bertz CT molecular complexity index is 1060. The molecule has 0 bridgehead atoms. The number of benzene rings is 2. The second-order valence-corrected chi connectivity index (χ2v) is 10.9. The molecule has 0 saturated heterocycles. The Hall–Kier alpha value is -3.18. The Morgan fingerprint density at radius 2 is 0.783 bits per heavy atom. The van der Waals surface area contributed by atoms with Crippen LogP contribution in [0.2, 0.25) is 0 Å². The summed E-state index contributed by atoms with van der Waals surface area (Å²) in [4.78, 5) is 25.4. The van der Waals surface area contributed by atoms with Crippen molar-refractivity contribution in [3.63, 3.8) is 0 Å². The molecule has 1 heterocycles. The molecule has 0 unspecified atom stereocenters. The lowest BCUT2D eigenvalue weighted by atomic mass is 10.0. The minimum Gasteiger partial charge on any atom is -0.487 e. The minimum absolute atomic E-state index is 0.0942. The zero-order valence-electron chi connectivity index (χ0n) is 27.7. The predicted octanol–water partition coefficient (Wildman–Crippen LogP) is 6.51. The summed E-state index contributed by atoms with van der Waals surface area (Å²) in [6, 6.07) is 10.6. The summed E-state index contributed by atoms with van der Waals surface area (Å²) in [5.74, 6) is 2.29. The third-order valence-corrected chi connectivity index (χ3v) is 7.23. The summed E-state index contributed by atoms with van der Waals surface area (Å²) in [6.45, 7) is 8.44. The Balaban J connectivity index is 1.54. The van der Waals surface area contributed by atoms with Crippen LogP contribution in [0.3, 0.4) is 0 Å². The number of carbonyl (C=O) groups is 2. The van der Waals surface area contributed by atoms with E-state index in [1.165, 1.54) is 0 Å². The third-order valence-electron chi connectivity index (χ3n) is 7.23. The van der Waals surface area contributed by atoms with E-state index < -0.39 is 0 Å². The van der Waals surface area contributed by atoms with Gasteiger partial charge < -0.3 is 37.9 Å². The average molecular weight is 645 g/mol. The highest BCUT2D eigenvalue weighted by Crippen LogP contribution is 2.30. The molecule has 2 aromatic rings. The molecular formula is C36H52O10. The first-order valence-electron chi connectivity index (χ1n) is 16.8. The zero-order valence-corrected chi connectivity index (χ0v) is 27.7. The molecule has 0 spiro atoms. The molecule has 256 valence electrons. The zero-order chi connectivity index (χ0) is 32.7. The van der Waals surface area contributed by atoms with Crippen molar-refractivity contribution in [1.82, 2.24) is 0 Å². The third kappa shape index (κ3) is 14.5. The maximum Gasteiger partial charge on any atom is 0.163 e. The highest BCUT2D eigenvalue weighted by Gasteiger charge is 2.14. The van der Waals surface area contributed by atoms with E-state index in [2.05, 4.69) is 13.8 Å². The van der Waals surface area contributed by atoms with E-state index in [0.717, 1.165) is 38.5 Å². The molecule has 0 aliphatic carbocycles. The highest BCUT2D eigenvalue weighted by molar-refractivity contribution is 5.97. The summed E-state index contributed by atoms with van der Waals surface area (Å²) in [5.41, 5.74) is 1.22. The van der Waals surface area contributed by atoms with E-state index in [0.29, 0.717) is 126 Å². The topological polar surface area (TPSA) is 108 Å². The lowest BCUT2D eigenvalue weighted by Crippen LogP contribution is -2.16. The van der Waals surface area contributed by atoms with Gasteiger partial charge in [-0.1, -0.05) is 39.5 Å². The first kappa shape index (κ1) is 37.3. The van der Waals surface area contributed by atoms with E-state index in [1.54, 1.807) is 36.4 Å². The standard InChI is InChI=1S/C36H52O10/c1-3-5-7-9-31(37)29-11-13-33-35(27-29)45-25-21-41-17-15-40-20-24-44-34-14-12-30(32(38)10-8-6-4-2)28-36(34)46-26-22-42-18-16-39-19-23-43-33/h11-14,27-28H,3-10,15-26H2,1-2H3. The number of ether oxygens (including phenoxy) is 8. The van der Waals surface area contributed by atoms with Gasteiger partial charge in [0.05, 0.1) is 52.9 Å². The van der Waals surface area contributed by atoms with Crippen molar-refractivity contribution in [3.05, 3.63) is 47.5 Å². The average Bonchev–Trinajstić information content (AvgIpc) is 3.06. The molecule has 1 aliphatic heterocycles. The summed E-state index contributed by atoms with van der Waals surface area (Å²) < 4.78 is 46.5. The van der Waals surface area contributed by atoms with Gasteiger partial charge in [0.2, 0.25) is 0 Å². The van der Waals surface area contributed by atoms with Gasteiger partial charge in [-0.2, -0.15) is 0 Å². The summed E-state index contributed by atoms with van der Waals surface area (Å²) in [7, 11) is 0. The molecule has 0 fully saturated rings. The first-order valence-corrected chi connectivity index (χ1v) is 16.8. The molecule has 1 aliphatic rings. The number of hydrogen-bond acceptors (Lipinski definition) is 10. The van der Waals surface area contributed by atoms with Gasteiger partial charge in [0, 0.05) is 24.0 Å². The molecule has 0 N–H and O–H groups in total. The molecule has 0 aromatic heterocycles. The van der Waals surface area contributed by atoms with E-state index >= 15 is 0 Å². The smallest absolute Gasteiger partial charge is 0.163 e. The monoisotopic (exact) mass is 644 g/mol. The van der Waals surface area contributed by atoms with Crippen LogP contribution in [0, 0.1) is 0 Å². The van der Waals surface area contributed by atoms with Gasteiger partial charge in [-0.3, -0.25) is 9.59 Å². The number of ketones is 2. The van der Waals surface area contributed by atoms with E-state index in [9.17, 15) is 9.59 Å². The molecule has 46 heavy (non-hydrogen) atoms. The van der Waals surface area contributed by atoms with Gasteiger partial charge in [0.25, 0.3) is 0 Å². The SMILES string of the molecule is CCCCCC(=O)c1ccc2c(c1)OCCOCCOCCOc1ccc(C(=O)CCCCC)cc1OCCOCCOCCO2. The van der Waals surface area contributed by atoms with Gasteiger partial charge in [0.1, 0.15) is 26.4 Å². The van der Waals surface area contributed by atoms with E-state index in [1.807, 2.05) is 0 Å². The van der Waals surface area contributed by atoms with Crippen LogP contribution in [0.1, 0.15) is 85.9 Å². The molecule has 3 rings (SSSR count). The molecule has 0 saturated carbocycles. The normalized spacial score (nSPS) is 16.2. The lowest BCUT2D eigenvalue weighted by molar-refractivity contribution is 0.0223. The van der Waals surface area contributed by atoms with Crippen LogP contribution >= 0.6 is 0 Å². The molecule has 0 radical (unpaired) electrons. The quantitative estimate of drug-likeness (QED) is 0.210. The largest absolute Gasteiger partial charge is 0.487 e. The second kappa shape index (κ2) is 23.2. The van der Waals surface area contributed by atoms with E-state index in [4.69, 9.17) is 37.9 Å². The lowest BCUT2D eigenvalue weighted by Gasteiger charge is -2.15. The molecule has 10 heteroatoms. The number of fused-ring (bicyclic) bond motifs is 2. The van der Waals surface area contributed by atoms with Gasteiger partial charge in [-0.05, 0) is 49.2 Å². The Labute approximate surface area is 273 Å². The highest BCUT2D eigenvalue weighted by atomic mass is 16.6. The molecule has 10 nitrogen and oxygen atoms in total. The fraction of sp³-hybridized carbons (Fsp3) is 0.611. The molecule has 0 atom stereocenters.